The highest BCUT2D eigenvalue weighted by molar-refractivity contribution is 7.22. The second kappa shape index (κ2) is 10.3. The molecule has 0 aliphatic carbocycles. The van der Waals surface area contributed by atoms with E-state index in [-0.39, 0.29) is 17.7 Å². The second-order valence-electron chi connectivity index (χ2n) is 9.96. The van der Waals surface area contributed by atoms with Crippen LogP contribution < -0.4 is 10.6 Å². The number of nitrogens with one attached hydrogen (secondary N) is 2. The molecule has 3 aromatic heterocycles. The number of amides is 1. The van der Waals surface area contributed by atoms with Crippen LogP contribution >= 0.6 is 11.3 Å². The van der Waals surface area contributed by atoms with Crippen LogP contribution in [0.1, 0.15) is 59.6 Å². The molecule has 1 atom stereocenters. The number of carbonyl (C=O) groups excluding carboxylic acids is 1. The molecule has 0 saturated carbocycles. The van der Waals surface area contributed by atoms with Gasteiger partial charge in [0, 0.05) is 51.5 Å². The van der Waals surface area contributed by atoms with Crippen LogP contribution in [0.15, 0.2) is 24.4 Å². The molecule has 0 spiro atoms. The Labute approximate surface area is 205 Å². The van der Waals surface area contributed by atoms with E-state index in [9.17, 15) is 4.79 Å². The molecular weight excluding hydrogens is 448 g/mol. The van der Waals surface area contributed by atoms with Gasteiger partial charge in [-0.25, -0.2) is 9.67 Å². The first-order valence-corrected chi connectivity index (χ1v) is 12.9. The molecule has 1 aliphatic rings. The van der Waals surface area contributed by atoms with E-state index in [1.54, 1.807) is 23.2 Å². The molecule has 8 nitrogen and oxygen atoms in total. The fourth-order valence-corrected chi connectivity index (χ4v) is 5.19. The summed E-state index contributed by atoms with van der Waals surface area (Å²) in [5.74, 6) is 0.932. The van der Waals surface area contributed by atoms with E-state index in [0.29, 0.717) is 0 Å². The zero-order chi connectivity index (χ0) is 24.3. The lowest BCUT2D eigenvalue weighted by atomic mass is 10.1. The highest BCUT2D eigenvalue weighted by Crippen LogP contribution is 2.39. The summed E-state index contributed by atoms with van der Waals surface area (Å²) in [4.78, 5) is 19.3. The summed E-state index contributed by atoms with van der Waals surface area (Å²) in [6, 6.07) is 6.30. The normalized spacial score (nSPS) is 16.6. The number of nitrogens with zero attached hydrogens (tertiary/aromatic N) is 4. The largest absolute Gasteiger partial charge is 0.384 e. The highest BCUT2D eigenvalue weighted by Gasteiger charge is 2.22. The van der Waals surface area contributed by atoms with Crippen molar-refractivity contribution in [2.75, 3.05) is 37.4 Å². The van der Waals surface area contributed by atoms with Gasteiger partial charge in [-0.2, -0.15) is 5.10 Å². The Morgan fingerprint density at radius 3 is 2.85 bits per heavy atom. The van der Waals surface area contributed by atoms with Crippen molar-refractivity contribution in [2.45, 2.75) is 65.1 Å². The Morgan fingerprint density at radius 1 is 1.32 bits per heavy atom. The number of pyridine rings is 1. The maximum Gasteiger partial charge on any atom is 0.219 e. The summed E-state index contributed by atoms with van der Waals surface area (Å²) in [5, 5.41) is 11.7. The van der Waals surface area contributed by atoms with Gasteiger partial charge in [-0.05, 0) is 58.6 Å². The van der Waals surface area contributed by atoms with Crippen molar-refractivity contribution in [3.63, 3.8) is 0 Å². The van der Waals surface area contributed by atoms with Gasteiger partial charge in [0.05, 0.1) is 26.5 Å². The van der Waals surface area contributed by atoms with Gasteiger partial charge >= 0.3 is 0 Å². The lowest BCUT2D eigenvalue weighted by Crippen LogP contribution is -2.27. The molecule has 2 N–H and O–H groups in total. The minimum Gasteiger partial charge on any atom is -0.384 e. The number of aromatic nitrogens is 3. The maximum atomic E-state index is 11.5. The van der Waals surface area contributed by atoms with Crippen molar-refractivity contribution in [3.8, 4) is 10.6 Å². The van der Waals surface area contributed by atoms with Crippen LogP contribution in [-0.4, -0.2) is 57.9 Å². The third-order valence-corrected chi connectivity index (χ3v) is 7.04. The maximum absolute atomic E-state index is 11.5. The molecule has 1 saturated heterocycles. The number of hydrogen-bond donors (Lipinski definition) is 2. The number of anilines is 2. The van der Waals surface area contributed by atoms with Gasteiger partial charge in [0.1, 0.15) is 5.82 Å². The Morgan fingerprint density at radius 2 is 2.15 bits per heavy atom. The SMILES string of the molecule is CC(=O)N(C)CCCNc1cc(NC(C)(C)C)nc2cc(-c3ccnn3C3CCCCO3)sc12. The molecule has 0 radical (unpaired) electrons. The first-order chi connectivity index (χ1) is 16.2. The number of thiophene rings is 1. The first-order valence-electron chi connectivity index (χ1n) is 12.0. The molecular formula is C25H36N6O2S. The van der Waals surface area contributed by atoms with Crippen LogP contribution in [-0.2, 0) is 9.53 Å². The average molecular weight is 485 g/mol. The van der Waals surface area contributed by atoms with E-state index in [4.69, 9.17) is 9.72 Å². The van der Waals surface area contributed by atoms with E-state index < -0.39 is 0 Å². The number of ether oxygens (including phenoxy) is 1. The lowest BCUT2D eigenvalue weighted by molar-refractivity contribution is -0.127. The van der Waals surface area contributed by atoms with Gasteiger partial charge in [-0.15, -0.1) is 11.3 Å². The molecule has 4 heterocycles. The number of rotatable bonds is 8. The monoisotopic (exact) mass is 484 g/mol. The van der Waals surface area contributed by atoms with Gasteiger partial charge in [0.15, 0.2) is 6.23 Å². The third-order valence-electron chi connectivity index (χ3n) is 5.86. The van der Waals surface area contributed by atoms with Crippen molar-refractivity contribution in [3.05, 3.63) is 24.4 Å². The van der Waals surface area contributed by atoms with E-state index in [1.807, 2.05) is 17.9 Å². The highest BCUT2D eigenvalue weighted by atomic mass is 32.1. The van der Waals surface area contributed by atoms with Gasteiger partial charge < -0.3 is 20.3 Å². The molecule has 0 bridgehead atoms. The van der Waals surface area contributed by atoms with Crippen LogP contribution in [0.2, 0.25) is 0 Å². The molecule has 4 rings (SSSR count). The summed E-state index contributed by atoms with van der Waals surface area (Å²) >= 11 is 1.72. The van der Waals surface area contributed by atoms with E-state index in [1.165, 1.54) is 0 Å². The van der Waals surface area contributed by atoms with Crippen molar-refractivity contribution in [2.24, 2.45) is 0 Å². The minimum absolute atomic E-state index is 0.00843. The predicted molar refractivity (Wildman–Crippen MR) is 139 cm³/mol. The fraction of sp³-hybridized carbons (Fsp3) is 0.560. The zero-order valence-corrected chi connectivity index (χ0v) is 21.7. The van der Waals surface area contributed by atoms with Gasteiger partial charge in [0.2, 0.25) is 5.91 Å². The van der Waals surface area contributed by atoms with Crippen LogP contribution in [0.4, 0.5) is 11.5 Å². The minimum atomic E-state index is -0.0993. The Bertz CT molecular complexity index is 1130. The summed E-state index contributed by atoms with van der Waals surface area (Å²) < 4.78 is 9.13. The predicted octanol–water partition coefficient (Wildman–Crippen LogP) is 5.35. The van der Waals surface area contributed by atoms with Crippen molar-refractivity contribution >= 4 is 39.0 Å². The number of fused-ring (bicyclic) bond motifs is 1. The Hall–Kier alpha value is -2.65. The molecule has 9 heteroatoms. The molecule has 1 unspecified atom stereocenters. The summed E-state index contributed by atoms with van der Waals surface area (Å²) in [6.45, 7) is 10.3. The lowest BCUT2D eigenvalue weighted by Gasteiger charge is -2.24. The average Bonchev–Trinajstić information content (AvgIpc) is 3.42. The smallest absolute Gasteiger partial charge is 0.219 e. The molecule has 1 amide bonds. The molecule has 0 aromatic carbocycles. The first kappa shape index (κ1) is 24.5. The van der Waals surface area contributed by atoms with Crippen molar-refractivity contribution in [1.82, 2.24) is 19.7 Å². The quantitative estimate of drug-likeness (QED) is 0.419. The molecule has 34 heavy (non-hydrogen) atoms. The van der Waals surface area contributed by atoms with E-state index in [0.717, 1.165) is 77.7 Å². The Kier molecular flexibility index (Phi) is 7.42. The number of carbonyl (C=O) groups is 1. The topological polar surface area (TPSA) is 84.3 Å². The standard InChI is InChI=1S/C25H36N6O2S/c1-17(32)30(5)13-8-11-26-18-16-22(29-25(2,3)4)28-19-15-21(34-24(18)19)20-10-12-27-31(20)23-9-6-7-14-33-23/h10,12,15-16,23H,6-9,11,13-14H2,1-5H3,(H2,26,28,29). The van der Waals surface area contributed by atoms with Crippen LogP contribution in [0, 0.1) is 0 Å². The summed E-state index contributed by atoms with van der Waals surface area (Å²) in [6.07, 6.45) is 5.96. The van der Waals surface area contributed by atoms with E-state index in [2.05, 4.69) is 54.7 Å². The third kappa shape index (κ3) is 5.88. The number of hydrogen-bond acceptors (Lipinski definition) is 7. The van der Waals surface area contributed by atoms with Crippen molar-refractivity contribution < 1.29 is 9.53 Å². The van der Waals surface area contributed by atoms with Crippen LogP contribution in [0.3, 0.4) is 0 Å². The molecule has 3 aromatic rings. The van der Waals surface area contributed by atoms with Gasteiger partial charge in [0.25, 0.3) is 0 Å². The molecule has 184 valence electrons. The summed E-state index contributed by atoms with van der Waals surface area (Å²) in [5.41, 5.74) is 2.97. The molecule has 1 fully saturated rings. The van der Waals surface area contributed by atoms with Gasteiger partial charge in [-0.3, -0.25) is 4.79 Å². The van der Waals surface area contributed by atoms with Crippen LogP contribution in [0.25, 0.3) is 20.8 Å². The fourth-order valence-electron chi connectivity index (χ4n) is 4.08. The second-order valence-corrected chi connectivity index (χ2v) is 11.0. The zero-order valence-electron chi connectivity index (χ0n) is 20.9. The van der Waals surface area contributed by atoms with Crippen LogP contribution in [0.5, 0.6) is 0 Å². The van der Waals surface area contributed by atoms with Gasteiger partial charge in [-0.1, -0.05) is 0 Å². The van der Waals surface area contributed by atoms with E-state index >= 15 is 0 Å². The molecule has 1 aliphatic heterocycles. The summed E-state index contributed by atoms with van der Waals surface area (Å²) in [7, 11) is 1.84. The Balaban J connectivity index is 1.63. The van der Waals surface area contributed by atoms with Crippen molar-refractivity contribution in [1.29, 1.82) is 0 Å².